The zero-order valence-electron chi connectivity index (χ0n) is 47.6. The van der Waals surface area contributed by atoms with Crippen LogP contribution in [-0.2, 0) is 4.79 Å². The molecule has 0 bridgehead atoms. The molecule has 0 fully saturated rings. The van der Waals surface area contributed by atoms with E-state index in [1.807, 2.05) is 6.08 Å². The van der Waals surface area contributed by atoms with E-state index >= 15 is 0 Å². The van der Waals surface area contributed by atoms with Gasteiger partial charge in [0.1, 0.15) is 0 Å². The summed E-state index contributed by atoms with van der Waals surface area (Å²) in [5, 5.41) is 23.3. The first-order valence-electron chi connectivity index (χ1n) is 32.4. The van der Waals surface area contributed by atoms with Crippen LogP contribution < -0.4 is 5.32 Å². The average molecular weight is 973 g/mol. The fraction of sp³-hybridized carbons (Fsp3) is 0.954. The Bertz CT molecular complexity index is 967. The Labute approximate surface area is 435 Å². The quantitative estimate of drug-likeness (QED) is 0.0420. The summed E-state index contributed by atoms with van der Waals surface area (Å²) in [6, 6.07) is -0.619. The van der Waals surface area contributed by atoms with Gasteiger partial charge in [-0.25, -0.2) is 0 Å². The van der Waals surface area contributed by atoms with Gasteiger partial charge in [0.05, 0.1) is 18.8 Å². The fourth-order valence-electron chi connectivity index (χ4n) is 10.6. The number of nitrogens with one attached hydrogen (secondary N) is 1. The minimum absolute atomic E-state index is 0.0538. The molecule has 0 aromatic rings. The van der Waals surface area contributed by atoms with Crippen LogP contribution in [0, 0.1) is 0 Å². The summed E-state index contributed by atoms with van der Waals surface area (Å²) in [5.41, 5.74) is 0. The zero-order valence-corrected chi connectivity index (χ0v) is 47.6. The Hall–Kier alpha value is -0.870. The third kappa shape index (κ3) is 57.9. The van der Waals surface area contributed by atoms with Crippen LogP contribution in [0.25, 0.3) is 0 Å². The van der Waals surface area contributed by atoms with Crippen molar-refractivity contribution in [3.63, 3.8) is 0 Å². The van der Waals surface area contributed by atoms with Gasteiger partial charge in [0.2, 0.25) is 5.91 Å². The number of rotatable bonds is 61. The summed E-state index contributed by atoms with van der Waals surface area (Å²) in [6.45, 7) is 4.36. The van der Waals surface area contributed by atoms with Crippen molar-refractivity contribution < 1.29 is 15.0 Å². The van der Waals surface area contributed by atoms with Crippen molar-refractivity contribution in [3.05, 3.63) is 12.2 Å². The Morgan fingerprint density at radius 3 is 0.754 bits per heavy atom. The van der Waals surface area contributed by atoms with Gasteiger partial charge in [0, 0.05) is 6.42 Å². The van der Waals surface area contributed by atoms with E-state index in [2.05, 4.69) is 19.2 Å². The predicted octanol–water partition coefficient (Wildman–Crippen LogP) is 21.7. The van der Waals surface area contributed by atoms with Crippen molar-refractivity contribution in [2.75, 3.05) is 6.61 Å². The van der Waals surface area contributed by atoms with E-state index in [0.29, 0.717) is 6.42 Å². The highest BCUT2D eigenvalue weighted by Gasteiger charge is 2.18. The number of aliphatic hydroxyl groups is 2. The average Bonchev–Trinajstić information content (AvgIpc) is 3.35. The molecule has 0 saturated heterocycles. The molecule has 0 radical (unpaired) electrons. The largest absolute Gasteiger partial charge is 0.394 e. The first-order valence-corrected chi connectivity index (χ1v) is 32.4. The molecular weight excluding hydrogens is 843 g/mol. The maximum absolute atomic E-state index is 12.5. The number of aliphatic hydroxyl groups excluding tert-OH is 2. The van der Waals surface area contributed by atoms with Crippen LogP contribution in [0.4, 0.5) is 0 Å². The second-order valence-electron chi connectivity index (χ2n) is 22.6. The van der Waals surface area contributed by atoms with E-state index in [1.54, 1.807) is 6.08 Å². The van der Waals surface area contributed by atoms with Crippen molar-refractivity contribution in [1.29, 1.82) is 0 Å². The second-order valence-corrected chi connectivity index (χ2v) is 22.6. The third-order valence-electron chi connectivity index (χ3n) is 15.5. The van der Waals surface area contributed by atoms with Gasteiger partial charge in [-0.3, -0.25) is 4.79 Å². The maximum atomic E-state index is 12.5. The summed E-state index contributed by atoms with van der Waals surface area (Å²) < 4.78 is 0. The topological polar surface area (TPSA) is 69.6 Å². The van der Waals surface area contributed by atoms with Gasteiger partial charge < -0.3 is 15.5 Å². The number of allylic oxidation sites excluding steroid dienone is 1. The highest BCUT2D eigenvalue weighted by Crippen LogP contribution is 2.19. The standard InChI is InChI=1S/C65H129NO3/c1-3-5-7-9-11-13-15-17-19-21-23-25-27-29-31-32-33-34-35-37-39-41-43-45-47-49-51-53-55-57-59-61-65(69)66-63(62-67)64(68)60-58-56-54-52-50-48-46-44-42-40-38-36-30-28-26-24-22-20-18-16-14-12-10-8-6-4-2/h58,60,63-64,67-68H,3-57,59,61-62H2,1-2H3,(H,66,69)/b60-58+. The highest BCUT2D eigenvalue weighted by atomic mass is 16.3. The van der Waals surface area contributed by atoms with Crippen LogP contribution in [0.1, 0.15) is 380 Å². The van der Waals surface area contributed by atoms with Gasteiger partial charge in [0.25, 0.3) is 0 Å². The van der Waals surface area contributed by atoms with Crippen molar-refractivity contribution in [1.82, 2.24) is 5.32 Å². The monoisotopic (exact) mass is 972 g/mol. The van der Waals surface area contributed by atoms with Crippen LogP contribution >= 0.6 is 0 Å². The van der Waals surface area contributed by atoms with Gasteiger partial charge in [0.15, 0.2) is 0 Å². The lowest BCUT2D eigenvalue weighted by molar-refractivity contribution is -0.123. The molecule has 2 atom stereocenters. The zero-order chi connectivity index (χ0) is 49.9. The molecule has 4 heteroatoms. The van der Waals surface area contributed by atoms with E-state index in [1.165, 1.54) is 334 Å². The molecule has 412 valence electrons. The molecule has 0 spiro atoms. The number of hydrogen-bond acceptors (Lipinski definition) is 3. The molecule has 1 amide bonds. The van der Waals surface area contributed by atoms with Crippen molar-refractivity contribution in [3.8, 4) is 0 Å². The van der Waals surface area contributed by atoms with E-state index in [4.69, 9.17) is 0 Å². The van der Waals surface area contributed by atoms with Gasteiger partial charge in [-0.2, -0.15) is 0 Å². The minimum atomic E-state index is -0.836. The summed E-state index contributed by atoms with van der Waals surface area (Å²) in [4.78, 5) is 12.5. The molecule has 0 heterocycles. The molecule has 0 aromatic carbocycles. The Balaban J connectivity index is 3.41. The molecule has 2 unspecified atom stereocenters. The predicted molar refractivity (Wildman–Crippen MR) is 309 cm³/mol. The highest BCUT2D eigenvalue weighted by molar-refractivity contribution is 5.76. The van der Waals surface area contributed by atoms with Crippen LogP contribution in [0.15, 0.2) is 12.2 Å². The van der Waals surface area contributed by atoms with Crippen molar-refractivity contribution in [2.45, 2.75) is 392 Å². The molecule has 0 aliphatic heterocycles. The number of hydrogen-bond donors (Lipinski definition) is 3. The lowest BCUT2D eigenvalue weighted by Crippen LogP contribution is -2.45. The summed E-state index contributed by atoms with van der Waals surface area (Å²) in [5.74, 6) is -0.0538. The molecule has 4 nitrogen and oxygen atoms in total. The number of carbonyl (C=O) groups is 1. The van der Waals surface area contributed by atoms with Gasteiger partial charge in [-0.1, -0.05) is 366 Å². The molecule has 69 heavy (non-hydrogen) atoms. The smallest absolute Gasteiger partial charge is 0.220 e. The van der Waals surface area contributed by atoms with Gasteiger partial charge in [-0.15, -0.1) is 0 Å². The van der Waals surface area contributed by atoms with Gasteiger partial charge in [-0.05, 0) is 19.3 Å². The third-order valence-corrected chi connectivity index (χ3v) is 15.5. The Morgan fingerprint density at radius 1 is 0.333 bits per heavy atom. The lowest BCUT2D eigenvalue weighted by Gasteiger charge is -2.20. The summed E-state index contributed by atoms with van der Waals surface area (Å²) in [6.07, 6.45) is 81.4. The van der Waals surface area contributed by atoms with E-state index in [0.717, 1.165) is 25.7 Å². The van der Waals surface area contributed by atoms with Crippen LogP contribution in [0.2, 0.25) is 0 Å². The molecule has 0 rings (SSSR count). The first kappa shape index (κ1) is 68.1. The molecule has 0 aromatic heterocycles. The fourth-order valence-corrected chi connectivity index (χ4v) is 10.6. The van der Waals surface area contributed by atoms with Crippen molar-refractivity contribution in [2.24, 2.45) is 0 Å². The van der Waals surface area contributed by atoms with Crippen LogP contribution in [0.3, 0.4) is 0 Å². The molecular formula is C65H129NO3. The van der Waals surface area contributed by atoms with E-state index in [-0.39, 0.29) is 12.5 Å². The van der Waals surface area contributed by atoms with Crippen LogP contribution in [-0.4, -0.2) is 34.9 Å². The van der Waals surface area contributed by atoms with Crippen LogP contribution in [0.5, 0.6) is 0 Å². The van der Waals surface area contributed by atoms with E-state index < -0.39 is 12.1 Å². The normalized spacial score (nSPS) is 12.7. The Morgan fingerprint density at radius 2 is 0.536 bits per heavy atom. The maximum Gasteiger partial charge on any atom is 0.220 e. The molecule has 0 saturated carbocycles. The second kappa shape index (κ2) is 61.4. The SMILES string of the molecule is CCCCCCCCCCCCCCCCCCCCCCCCCC/C=C/C(O)C(CO)NC(=O)CCCCCCCCCCCCCCCCCCCCCCCCCCCCCCCCC. The number of carbonyl (C=O) groups excluding carboxylic acids is 1. The molecule has 3 N–H and O–H groups in total. The first-order chi connectivity index (χ1) is 34.2. The number of unbranched alkanes of at least 4 members (excludes halogenated alkanes) is 54. The van der Waals surface area contributed by atoms with Gasteiger partial charge >= 0.3 is 0 Å². The number of amides is 1. The minimum Gasteiger partial charge on any atom is -0.394 e. The molecule has 0 aliphatic carbocycles. The summed E-state index contributed by atoms with van der Waals surface area (Å²) in [7, 11) is 0. The van der Waals surface area contributed by atoms with E-state index in [9.17, 15) is 15.0 Å². The van der Waals surface area contributed by atoms with Crippen molar-refractivity contribution >= 4 is 5.91 Å². The summed E-state index contributed by atoms with van der Waals surface area (Å²) >= 11 is 0. The molecule has 0 aliphatic rings. The Kier molecular flexibility index (Phi) is 60.7. The lowest BCUT2D eigenvalue weighted by atomic mass is 10.0.